The van der Waals surface area contributed by atoms with Crippen molar-refractivity contribution >= 4 is 11.6 Å². The van der Waals surface area contributed by atoms with Crippen LogP contribution in [0.5, 0.6) is 0 Å². The number of benzene rings is 1. The third kappa shape index (κ3) is 2.49. The number of hydrogen-bond acceptors (Lipinski definition) is 3. The second kappa shape index (κ2) is 5.16. The van der Waals surface area contributed by atoms with Crippen molar-refractivity contribution in [1.82, 2.24) is 5.48 Å². The van der Waals surface area contributed by atoms with Crippen molar-refractivity contribution in [2.75, 3.05) is 5.73 Å². The standard InChI is InChI=1S/C7H7N2O2.Na/c8-6-4-2-1-3-5(6)7(10)9-11;/h1-4H,(H3-,8,9,10,11);/q-1;+1. The zero-order valence-corrected chi connectivity index (χ0v) is 8.70. The molecule has 5 heteroatoms. The average Bonchev–Trinajstić information content (AvgIpc) is 2.04. The maximum absolute atomic E-state index is 10.7. The van der Waals surface area contributed by atoms with Gasteiger partial charge in [-0.1, -0.05) is 12.1 Å². The van der Waals surface area contributed by atoms with Crippen LogP contribution in [0.15, 0.2) is 24.3 Å². The van der Waals surface area contributed by atoms with Crippen molar-refractivity contribution < 1.29 is 34.4 Å². The van der Waals surface area contributed by atoms with Crippen molar-refractivity contribution in [2.45, 2.75) is 0 Å². The fraction of sp³-hybridized carbons (Fsp3) is 0. The minimum absolute atomic E-state index is 0. The van der Waals surface area contributed by atoms with Crippen molar-refractivity contribution in [3.05, 3.63) is 35.0 Å². The van der Waals surface area contributed by atoms with Gasteiger partial charge in [-0.05, 0) is 12.1 Å². The van der Waals surface area contributed by atoms with Crippen LogP contribution < -0.4 is 40.8 Å². The van der Waals surface area contributed by atoms with E-state index in [1.54, 1.807) is 18.2 Å². The second-order valence-electron chi connectivity index (χ2n) is 2.02. The van der Waals surface area contributed by atoms with E-state index in [-0.39, 0.29) is 35.1 Å². The first-order valence-corrected chi connectivity index (χ1v) is 3.02. The fourth-order valence-electron chi connectivity index (χ4n) is 0.759. The normalized spacial score (nSPS) is 8.42. The Morgan fingerprint density at radius 1 is 1.42 bits per heavy atom. The summed E-state index contributed by atoms with van der Waals surface area (Å²) < 4.78 is 0. The molecule has 0 radical (unpaired) electrons. The Kier molecular flexibility index (Phi) is 4.92. The molecule has 1 rings (SSSR count). The number of nitrogen functional groups attached to an aromatic ring is 1. The quantitative estimate of drug-likeness (QED) is 0.280. The van der Waals surface area contributed by atoms with Gasteiger partial charge in [-0.15, -0.1) is 0 Å². The minimum Gasteiger partial charge on any atom is -0.759 e. The molecule has 12 heavy (non-hydrogen) atoms. The van der Waals surface area contributed by atoms with E-state index in [4.69, 9.17) is 5.73 Å². The van der Waals surface area contributed by atoms with Crippen LogP contribution in [0.2, 0.25) is 0 Å². The molecule has 3 N–H and O–H groups in total. The number of para-hydroxylation sites is 1. The molecule has 0 aromatic heterocycles. The number of nitrogens with two attached hydrogens (primary N) is 1. The van der Waals surface area contributed by atoms with Crippen LogP contribution >= 0.6 is 0 Å². The Bertz CT molecular complexity index is 278. The third-order valence-corrected chi connectivity index (χ3v) is 1.30. The first kappa shape index (κ1) is 11.4. The summed E-state index contributed by atoms with van der Waals surface area (Å²) in [7, 11) is 0. The number of hydrogen-bond donors (Lipinski definition) is 2. The number of carbonyl (C=O) groups is 1. The summed E-state index contributed by atoms with van der Waals surface area (Å²) in [6.07, 6.45) is 0. The van der Waals surface area contributed by atoms with Crippen molar-refractivity contribution in [2.24, 2.45) is 0 Å². The second-order valence-corrected chi connectivity index (χ2v) is 2.02. The predicted octanol–water partition coefficient (Wildman–Crippen LogP) is -2.50. The summed E-state index contributed by atoms with van der Waals surface area (Å²) in [5.74, 6) is -0.705. The SMILES string of the molecule is Nc1ccccc1C(=O)N[O-].[Na+]. The van der Waals surface area contributed by atoms with Crippen molar-refractivity contribution in [3.63, 3.8) is 0 Å². The number of nitrogens with one attached hydrogen (secondary N) is 1. The average molecular weight is 174 g/mol. The molecule has 0 bridgehead atoms. The Balaban J connectivity index is 0.00000121. The molecule has 0 saturated carbocycles. The van der Waals surface area contributed by atoms with Gasteiger partial charge in [0.25, 0.3) is 0 Å². The molecule has 0 unspecified atom stereocenters. The molecule has 0 spiro atoms. The summed E-state index contributed by atoms with van der Waals surface area (Å²) in [5, 5.41) is 9.93. The van der Waals surface area contributed by atoms with E-state index in [1.165, 1.54) is 11.5 Å². The van der Waals surface area contributed by atoms with Gasteiger partial charge in [-0.2, -0.15) is 0 Å². The third-order valence-electron chi connectivity index (χ3n) is 1.30. The maximum atomic E-state index is 10.7. The summed E-state index contributed by atoms with van der Waals surface area (Å²) in [5.41, 5.74) is 7.17. The number of carbonyl (C=O) groups excluding carboxylic acids is 1. The van der Waals surface area contributed by atoms with Gasteiger partial charge in [0, 0.05) is 5.69 Å². The monoisotopic (exact) mass is 174 g/mol. The van der Waals surface area contributed by atoms with Crippen LogP contribution in [0, 0.1) is 5.21 Å². The molecule has 0 aliphatic rings. The van der Waals surface area contributed by atoms with E-state index < -0.39 is 5.91 Å². The van der Waals surface area contributed by atoms with Gasteiger partial charge in [0.05, 0.1) is 5.56 Å². The van der Waals surface area contributed by atoms with E-state index in [1.807, 2.05) is 0 Å². The molecule has 4 nitrogen and oxygen atoms in total. The zero-order valence-electron chi connectivity index (χ0n) is 6.70. The summed E-state index contributed by atoms with van der Waals surface area (Å²) in [6.45, 7) is 0. The molecule has 0 aliphatic heterocycles. The minimum atomic E-state index is -0.705. The van der Waals surface area contributed by atoms with E-state index in [2.05, 4.69) is 0 Å². The molecule has 0 heterocycles. The maximum Gasteiger partial charge on any atom is 1.00 e. The van der Waals surface area contributed by atoms with E-state index in [0.717, 1.165) is 0 Å². The molecule has 1 amide bonds. The van der Waals surface area contributed by atoms with Crippen LogP contribution in [-0.4, -0.2) is 5.91 Å². The molecule has 58 valence electrons. The molecular formula is C7H7N2NaO2. The van der Waals surface area contributed by atoms with Crippen LogP contribution in [0.25, 0.3) is 0 Å². The van der Waals surface area contributed by atoms with Gasteiger partial charge in [-0.25, -0.2) is 0 Å². The molecule has 0 aliphatic carbocycles. The van der Waals surface area contributed by atoms with E-state index >= 15 is 0 Å². The Hall–Kier alpha value is -0.550. The van der Waals surface area contributed by atoms with Crippen LogP contribution in [-0.2, 0) is 0 Å². The first-order chi connectivity index (χ1) is 5.25. The van der Waals surface area contributed by atoms with Crippen LogP contribution in [0.1, 0.15) is 10.4 Å². The summed E-state index contributed by atoms with van der Waals surface area (Å²) in [4.78, 5) is 10.7. The Morgan fingerprint density at radius 3 is 2.50 bits per heavy atom. The van der Waals surface area contributed by atoms with Crippen molar-refractivity contribution in [1.29, 1.82) is 0 Å². The van der Waals surface area contributed by atoms with Crippen LogP contribution in [0.4, 0.5) is 5.69 Å². The number of hydroxylamine groups is 1. The number of anilines is 1. The van der Waals surface area contributed by atoms with Crippen molar-refractivity contribution in [3.8, 4) is 0 Å². The molecular weight excluding hydrogens is 167 g/mol. The van der Waals surface area contributed by atoms with Crippen LogP contribution in [0.3, 0.4) is 0 Å². The molecule has 0 atom stereocenters. The molecule has 1 aromatic carbocycles. The van der Waals surface area contributed by atoms with E-state index in [0.29, 0.717) is 5.69 Å². The largest absolute Gasteiger partial charge is 1.00 e. The summed E-state index contributed by atoms with van der Waals surface area (Å²) >= 11 is 0. The van der Waals surface area contributed by atoms with E-state index in [9.17, 15) is 10.0 Å². The predicted molar refractivity (Wildman–Crippen MR) is 41.7 cm³/mol. The van der Waals surface area contributed by atoms with Gasteiger partial charge in [0.15, 0.2) is 0 Å². The number of rotatable bonds is 1. The Labute approximate surface area is 92.0 Å². The van der Waals surface area contributed by atoms with Gasteiger partial charge >= 0.3 is 29.6 Å². The Morgan fingerprint density at radius 2 is 2.00 bits per heavy atom. The van der Waals surface area contributed by atoms with Gasteiger partial charge in [-0.3, -0.25) is 4.79 Å². The van der Waals surface area contributed by atoms with Gasteiger partial charge < -0.3 is 16.4 Å². The molecule has 0 saturated heterocycles. The zero-order chi connectivity index (χ0) is 8.27. The van der Waals surface area contributed by atoms with Gasteiger partial charge in [0.1, 0.15) is 0 Å². The number of amides is 1. The first-order valence-electron chi connectivity index (χ1n) is 3.02. The van der Waals surface area contributed by atoms with Gasteiger partial charge in [0.2, 0.25) is 5.91 Å². The summed E-state index contributed by atoms with van der Waals surface area (Å²) in [6, 6.07) is 6.38. The topological polar surface area (TPSA) is 78.2 Å². The molecule has 1 aromatic rings. The fourth-order valence-corrected chi connectivity index (χ4v) is 0.759. The smallest absolute Gasteiger partial charge is 0.759 e. The molecule has 0 fully saturated rings.